The lowest BCUT2D eigenvalue weighted by atomic mass is 9.98. The molecule has 144 valence electrons. The van der Waals surface area contributed by atoms with Gasteiger partial charge in [0.2, 0.25) is 5.88 Å². The van der Waals surface area contributed by atoms with Crippen LogP contribution in [-0.4, -0.2) is 50.5 Å². The van der Waals surface area contributed by atoms with Gasteiger partial charge in [0.25, 0.3) is 5.91 Å². The second-order valence-corrected chi connectivity index (χ2v) is 7.10. The number of hydrogen-bond acceptors (Lipinski definition) is 5. The van der Waals surface area contributed by atoms with Crippen LogP contribution in [-0.2, 0) is 0 Å². The smallest absolute Gasteiger partial charge is 0.256 e. The average Bonchev–Trinajstić information content (AvgIpc) is 3.28. The Bertz CT molecular complexity index is 947. The number of benzene rings is 1. The maximum atomic E-state index is 13.2. The van der Waals surface area contributed by atoms with Gasteiger partial charge in [-0.2, -0.15) is 15.0 Å². The Labute approximate surface area is 167 Å². The normalized spacial score (nSPS) is 16.8. The van der Waals surface area contributed by atoms with E-state index in [2.05, 4.69) is 15.2 Å². The molecule has 8 heteroatoms. The molecule has 1 atom stereocenters. The van der Waals surface area contributed by atoms with E-state index in [1.807, 2.05) is 29.2 Å². The molecular weight excluding hydrogens is 378 g/mol. The lowest BCUT2D eigenvalue weighted by molar-refractivity contribution is 0.0631. The van der Waals surface area contributed by atoms with Gasteiger partial charge in [0, 0.05) is 25.2 Å². The summed E-state index contributed by atoms with van der Waals surface area (Å²) in [7, 11) is 0. The van der Waals surface area contributed by atoms with Gasteiger partial charge in [-0.05, 0) is 37.1 Å². The van der Waals surface area contributed by atoms with Crippen LogP contribution in [0.15, 0.2) is 55.0 Å². The molecule has 3 heterocycles. The second-order valence-electron chi connectivity index (χ2n) is 6.70. The van der Waals surface area contributed by atoms with E-state index in [0.29, 0.717) is 35.3 Å². The monoisotopic (exact) mass is 397 g/mol. The molecule has 0 bridgehead atoms. The molecule has 2 aromatic heterocycles. The van der Waals surface area contributed by atoms with Gasteiger partial charge in [0.1, 0.15) is 5.02 Å². The molecule has 0 N–H and O–H groups in total. The van der Waals surface area contributed by atoms with E-state index < -0.39 is 0 Å². The summed E-state index contributed by atoms with van der Waals surface area (Å²) in [5, 5.41) is 8.80. The number of nitrogens with zero attached hydrogens (tertiary/aromatic N) is 5. The SMILES string of the molecule is O=C(c1ccccc1-n1nccn1)N1CCCC(COc2ncccc2Cl)C1. The Kier molecular flexibility index (Phi) is 5.53. The molecule has 1 amide bonds. The maximum absolute atomic E-state index is 13.2. The van der Waals surface area contributed by atoms with E-state index in [1.165, 1.54) is 4.80 Å². The standard InChI is InChI=1S/C20H20ClN5O2/c21-17-7-3-9-22-19(17)28-14-15-5-4-12-25(13-15)20(27)16-6-1-2-8-18(16)26-23-10-11-24-26/h1-3,6-11,15H,4-5,12-14H2. The number of para-hydroxylation sites is 1. The van der Waals surface area contributed by atoms with Crippen molar-refractivity contribution >= 4 is 17.5 Å². The zero-order valence-electron chi connectivity index (χ0n) is 15.2. The van der Waals surface area contributed by atoms with Crippen LogP contribution in [0.25, 0.3) is 5.69 Å². The van der Waals surface area contributed by atoms with Crippen molar-refractivity contribution in [1.29, 1.82) is 0 Å². The number of carbonyl (C=O) groups is 1. The molecule has 1 aromatic carbocycles. The first kappa shape index (κ1) is 18.4. The minimum absolute atomic E-state index is 0.0199. The van der Waals surface area contributed by atoms with Gasteiger partial charge in [-0.25, -0.2) is 4.98 Å². The quantitative estimate of drug-likeness (QED) is 0.660. The fraction of sp³-hybridized carbons (Fsp3) is 0.300. The van der Waals surface area contributed by atoms with Crippen molar-refractivity contribution in [1.82, 2.24) is 24.9 Å². The van der Waals surface area contributed by atoms with Gasteiger partial charge >= 0.3 is 0 Å². The van der Waals surface area contributed by atoms with Crippen LogP contribution in [0.5, 0.6) is 5.88 Å². The lowest BCUT2D eigenvalue weighted by Crippen LogP contribution is -2.42. The molecule has 0 saturated carbocycles. The zero-order valence-corrected chi connectivity index (χ0v) is 16.0. The number of halogens is 1. The van der Waals surface area contributed by atoms with Gasteiger partial charge < -0.3 is 9.64 Å². The molecule has 0 aliphatic carbocycles. The van der Waals surface area contributed by atoms with Crippen LogP contribution in [0.4, 0.5) is 0 Å². The summed E-state index contributed by atoms with van der Waals surface area (Å²) in [4.78, 5) is 20.7. The van der Waals surface area contributed by atoms with Crippen molar-refractivity contribution in [2.75, 3.05) is 19.7 Å². The number of ether oxygens (including phenoxy) is 1. The highest BCUT2D eigenvalue weighted by Gasteiger charge is 2.27. The maximum Gasteiger partial charge on any atom is 0.256 e. The number of rotatable bonds is 5. The molecule has 4 rings (SSSR count). The van der Waals surface area contributed by atoms with E-state index in [9.17, 15) is 4.79 Å². The summed E-state index contributed by atoms with van der Waals surface area (Å²) in [6.07, 6.45) is 6.77. The number of pyridine rings is 1. The third kappa shape index (κ3) is 3.99. The zero-order chi connectivity index (χ0) is 19.3. The molecule has 1 fully saturated rings. The average molecular weight is 398 g/mol. The summed E-state index contributed by atoms with van der Waals surface area (Å²) in [5.74, 6) is 0.641. The molecule has 3 aromatic rings. The summed E-state index contributed by atoms with van der Waals surface area (Å²) in [6.45, 7) is 1.83. The lowest BCUT2D eigenvalue weighted by Gasteiger charge is -2.33. The van der Waals surface area contributed by atoms with E-state index in [0.717, 1.165) is 19.4 Å². The van der Waals surface area contributed by atoms with Crippen LogP contribution in [0, 0.1) is 5.92 Å². The number of piperidine rings is 1. The first-order valence-electron chi connectivity index (χ1n) is 9.20. The highest BCUT2D eigenvalue weighted by atomic mass is 35.5. The molecule has 0 radical (unpaired) electrons. The molecular formula is C20H20ClN5O2. The highest BCUT2D eigenvalue weighted by molar-refractivity contribution is 6.31. The van der Waals surface area contributed by atoms with Crippen LogP contribution < -0.4 is 4.74 Å². The third-order valence-electron chi connectivity index (χ3n) is 4.76. The summed E-state index contributed by atoms with van der Waals surface area (Å²) >= 11 is 6.10. The van der Waals surface area contributed by atoms with E-state index in [1.54, 1.807) is 30.7 Å². The molecule has 1 saturated heterocycles. The largest absolute Gasteiger partial charge is 0.476 e. The predicted molar refractivity (Wildman–Crippen MR) is 105 cm³/mol. The molecule has 7 nitrogen and oxygen atoms in total. The van der Waals surface area contributed by atoms with Crippen molar-refractivity contribution in [3.8, 4) is 11.6 Å². The second kappa shape index (κ2) is 8.39. The molecule has 0 spiro atoms. The first-order valence-corrected chi connectivity index (χ1v) is 9.58. The molecule has 1 unspecified atom stereocenters. The predicted octanol–water partition coefficient (Wildman–Crippen LogP) is 3.25. The topological polar surface area (TPSA) is 73.1 Å². The van der Waals surface area contributed by atoms with Crippen molar-refractivity contribution < 1.29 is 9.53 Å². The van der Waals surface area contributed by atoms with E-state index in [4.69, 9.17) is 16.3 Å². The Morgan fingerprint density at radius 2 is 1.96 bits per heavy atom. The van der Waals surface area contributed by atoms with Crippen LogP contribution >= 0.6 is 11.6 Å². The minimum atomic E-state index is -0.0199. The van der Waals surface area contributed by atoms with Crippen molar-refractivity contribution in [3.63, 3.8) is 0 Å². The fourth-order valence-corrected chi connectivity index (χ4v) is 3.58. The highest BCUT2D eigenvalue weighted by Crippen LogP contribution is 2.24. The van der Waals surface area contributed by atoms with Crippen molar-refractivity contribution in [2.45, 2.75) is 12.8 Å². The van der Waals surface area contributed by atoms with Crippen LogP contribution in [0.3, 0.4) is 0 Å². The van der Waals surface area contributed by atoms with Gasteiger partial charge in [-0.3, -0.25) is 4.79 Å². The van der Waals surface area contributed by atoms with Gasteiger partial charge in [0.05, 0.1) is 30.3 Å². The number of aromatic nitrogens is 4. The summed E-state index contributed by atoms with van der Waals surface area (Å²) < 4.78 is 5.79. The van der Waals surface area contributed by atoms with Gasteiger partial charge in [-0.15, -0.1) is 0 Å². The number of amides is 1. The molecule has 1 aliphatic heterocycles. The Hall–Kier alpha value is -2.93. The number of carbonyl (C=O) groups excluding carboxylic acids is 1. The van der Waals surface area contributed by atoms with Crippen LogP contribution in [0.2, 0.25) is 5.02 Å². The van der Waals surface area contributed by atoms with Gasteiger partial charge in [0.15, 0.2) is 0 Å². The Morgan fingerprint density at radius 1 is 1.14 bits per heavy atom. The fourth-order valence-electron chi connectivity index (χ4n) is 3.40. The molecule has 1 aliphatic rings. The van der Waals surface area contributed by atoms with E-state index >= 15 is 0 Å². The minimum Gasteiger partial charge on any atom is -0.476 e. The Balaban J connectivity index is 1.45. The van der Waals surface area contributed by atoms with E-state index in [-0.39, 0.29) is 11.8 Å². The van der Waals surface area contributed by atoms with Crippen molar-refractivity contribution in [2.24, 2.45) is 5.92 Å². The number of likely N-dealkylation sites (tertiary alicyclic amines) is 1. The third-order valence-corrected chi connectivity index (χ3v) is 5.04. The van der Waals surface area contributed by atoms with Gasteiger partial charge in [-0.1, -0.05) is 23.7 Å². The Morgan fingerprint density at radius 3 is 2.79 bits per heavy atom. The summed E-state index contributed by atoms with van der Waals surface area (Å²) in [5.41, 5.74) is 1.27. The van der Waals surface area contributed by atoms with Crippen molar-refractivity contribution in [3.05, 3.63) is 65.6 Å². The van der Waals surface area contributed by atoms with Crippen LogP contribution in [0.1, 0.15) is 23.2 Å². The first-order chi connectivity index (χ1) is 13.7. The number of hydrogen-bond donors (Lipinski definition) is 0. The summed E-state index contributed by atoms with van der Waals surface area (Å²) in [6, 6.07) is 10.9. The molecule has 28 heavy (non-hydrogen) atoms.